The van der Waals surface area contributed by atoms with Crippen LogP contribution < -0.4 is 5.32 Å². The van der Waals surface area contributed by atoms with Gasteiger partial charge in [0.2, 0.25) is 0 Å². The zero-order valence-electron chi connectivity index (χ0n) is 11.2. The Kier molecular flexibility index (Phi) is 5.09. The molecule has 0 aromatic heterocycles. The minimum Gasteiger partial charge on any atom is -0.350 e. The highest BCUT2D eigenvalue weighted by Gasteiger charge is 2.76. The number of carbonyl (C=O) groups is 1. The van der Waals surface area contributed by atoms with Gasteiger partial charge in [-0.05, 0) is 11.5 Å². The van der Waals surface area contributed by atoms with E-state index in [2.05, 4.69) is 0 Å². The van der Waals surface area contributed by atoms with Gasteiger partial charge in [0.05, 0.1) is 0 Å². The lowest BCUT2D eigenvalue weighted by Crippen LogP contribution is -2.59. The highest BCUT2D eigenvalue weighted by atomic mass is 19.4. The molecule has 0 bridgehead atoms. The average molecular weight is 331 g/mol. The van der Waals surface area contributed by atoms with Crippen LogP contribution in [0.2, 0.25) is 0 Å². The molecule has 0 radical (unpaired) electrons. The molecule has 124 valence electrons. The molecule has 0 aliphatic heterocycles. The van der Waals surface area contributed by atoms with E-state index in [0.717, 1.165) is 0 Å². The van der Waals surface area contributed by atoms with Gasteiger partial charge in [0.15, 0.2) is 0 Å². The third kappa shape index (κ3) is 3.50. The minimum absolute atomic E-state index is 0.508. The predicted octanol–water partition coefficient (Wildman–Crippen LogP) is 3.74. The van der Waals surface area contributed by atoms with Gasteiger partial charge >= 0.3 is 18.0 Å². The van der Waals surface area contributed by atoms with Crippen LogP contribution in [0.1, 0.15) is 18.4 Å². The summed E-state index contributed by atoms with van der Waals surface area (Å²) >= 11 is 0. The molecule has 1 atom stereocenters. The van der Waals surface area contributed by atoms with Crippen LogP contribution in [0.15, 0.2) is 30.3 Å². The Labute approximate surface area is 121 Å². The van der Waals surface area contributed by atoms with Gasteiger partial charge in [-0.25, -0.2) is 0 Å². The number of alkyl halides is 7. The molecule has 0 aliphatic carbocycles. The third-order valence-electron chi connectivity index (χ3n) is 2.97. The summed E-state index contributed by atoms with van der Waals surface area (Å²) in [4.78, 5) is 11.1. The molecule has 1 amide bonds. The molecule has 2 nitrogen and oxygen atoms in total. The number of rotatable bonds is 5. The first-order valence-electron chi connectivity index (χ1n) is 6.07. The second-order valence-corrected chi connectivity index (χ2v) is 4.67. The zero-order valence-corrected chi connectivity index (χ0v) is 11.2. The molecule has 0 heterocycles. The second-order valence-electron chi connectivity index (χ2n) is 4.67. The van der Waals surface area contributed by atoms with E-state index < -0.39 is 36.4 Å². The van der Waals surface area contributed by atoms with Gasteiger partial charge < -0.3 is 5.32 Å². The van der Waals surface area contributed by atoms with Crippen molar-refractivity contribution in [3.05, 3.63) is 35.9 Å². The van der Waals surface area contributed by atoms with Gasteiger partial charge in [0, 0.05) is 6.54 Å². The maximum atomic E-state index is 13.1. The first-order valence-corrected chi connectivity index (χ1v) is 6.07. The third-order valence-corrected chi connectivity index (χ3v) is 2.97. The molecule has 0 aliphatic rings. The van der Waals surface area contributed by atoms with Crippen LogP contribution in [-0.4, -0.2) is 30.5 Å². The molecule has 1 aromatic carbocycles. The largest absolute Gasteiger partial charge is 0.460 e. The normalized spacial score (nSPS) is 14.5. The SMILES string of the molecule is CC(CNC(=O)C(F)(F)C(F)(F)C(F)(F)F)c1ccccc1. The quantitative estimate of drug-likeness (QED) is 0.818. The Morgan fingerprint density at radius 2 is 1.55 bits per heavy atom. The molecule has 1 N–H and O–H groups in total. The van der Waals surface area contributed by atoms with Crippen LogP contribution >= 0.6 is 0 Å². The van der Waals surface area contributed by atoms with Crippen molar-refractivity contribution in [2.45, 2.75) is 30.9 Å². The molecular formula is C13H12F7NO. The van der Waals surface area contributed by atoms with Crippen molar-refractivity contribution < 1.29 is 35.5 Å². The first-order chi connectivity index (χ1) is 9.91. The van der Waals surface area contributed by atoms with Crippen LogP contribution in [-0.2, 0) is 4.79 Å². The van der Waals surface area contributed by atoms with E-state index in [4.69, 9.17) is 0 Å². The number of carbonyl (C=O) groups excluding carboxylic acids is 1. The molecule has 0 spiro atoms. The van der Waals surface area contributed by atoms with Crippen molar-refractivity contribution in [2.24, 2.45) is 0 Å². The Hall–Kier alpha value is -1.80. The van der Waals surface area contributed by atoms with Crippen molar-refractivity contribution in [1.29, 1.82) is 0 Å². The number of amides is 1. The Bertz CT molecular complexity index is 513. The van der Waals surface area contributed by atoms with Gasteiger partial charge in [-0.2, -0.15) is 30.7 Å². The summed E-state index contributed by atoms with van der Waals surface area (Å²) in [6.45, 7) is 0.988. The number of nitrogens with one attached hydrogen (secondary N) is 1. The van der Waals surface area contributed by atoms with E-state index in [-0.39, 0.29) is 0 Å². The Morgan fingerprint density at radius 1 is 1.05 bits per heavy atom. The number of hydrogen-bond donors (Lipinski definition) is 1. The van der Waals surface area contributed by atoms with E-state index in [0.29, 0.717) is 5.56 Å². The van der Waals surface area contributed by atoms with E-state index in [9.17, 15) is 35.5 Å². The van der Waals surface area contributed by atoms with Gasteiger partial charge in [-0.3, -0.25) is 4.79 Å². The highest BCUT2D eigenvalue weighted by Crippen LogP contribution is 2.46. The van der Waals surface area contributed by atoms with E-state index in [1.54, 1.807) is 30.3 Å². The van der Waals surface area contributed by atoms with Crippen LogP contribution in [0, 0.1) is 0 Å². The maximum Gasteiger partial charge on any atom is 0.460 e. The number of halogens is 7. The van der Waals surface area contributed by atoms with Crippen molar-refractivity contribution >= 4 is 5.91 Å². The number of benzene rings is 1. The smallest absolute Gasteiger partial charge is 0.350 e. The summed E-state index contributed by atoms with van der Waals surface area (Å²) in [5.74, 6) is -15.5. The van der Waals surface area contributed by atoms with Gasteiger partial charge in [-0.1, -0.05) is 37.3 Å². The molecular weight excluding hydrogens is 319 g/mol. The number of hydrogen-bond acceptors (Lipinski definition) is 1. The monoisotopic (exact) mass is 331 g/mol. The van der Waals surface area contributed by atoms with Crippen LogP contribution in [0.4, 0.5) is 30.7 Å². The highest BCUT2D eigenvalue weighted by molar-refractivity contribution is 5.84. The van der Waals surface area contributed by atoms with Crippen molar-refractivity contribution in [1.82, 2.24) is 5.32 Å². The molecule has 9 heteroatoms. The summed E-state index contributed by atoms with van der Waals surface area (Å²) < 4.78 is 87.3. The lowest BCUT2D eigenvalue weighted by Gasteiger charge is -2.27. The fourth-order valence-electron chi connectivity index (χ4n) is 1.58. The van der Waals surface area contributed by atoms with Gasteiger partial charge in [0.25, 0.3) is 5.91 Å². The van der Waals surface area contributed by atoms with Gasteiger partial charge in [0.1, 0.15) is 0 Å². The van der Waals surface area contributed by atoms with Crippen LogP contribution in [0.3, 0.4) is 0 Å². The van der Waals surface area contributed by atoms with E-state index >= 15 is 0 Å². The summed E-state index contributed by atoms with van der Waals surface area (Å²) in [6, 6.07) is 8.12. The molecule has 1 unspecified atom stereocenters. The maximum absolute atomic E-state index is 13.1. The van der Waals surface area contributed by atoms with Gasteiger partial charge in [-0.15, -0.1) is 0 Å². The summed E-state index contributed by atoms with van der Waals surface area (Å²) in [5, 5.41) is 1.43. The standard InChI is InChI=1S/C13H12F7NO/c1-8(9-5-3-2-4-6-9)7-21-10(22)11(14,15)12(16,17)13(18,19)20/h2-6,8H,7H2,1H3,(H,21,22). The topological polar surface area (TPSA) is 29.1 Å². The average Bonchev–Trinajstić information content (AvgIpc) is 2.43. The van der Waals surface area contributed by atoms with E-state index in [1.807, 2.05) is 0 Å². The summed E-state index contributed by atoms with van der Waals surface area (Å²) in [7, 11) is 0. The minimum atomic E-state index is -6.53. The van der Waals surface area contributed by atoms with Crippen molar-refractivity contribution in [2.75, 3.05) is 6.54 Å². The molecule has 0 saturated heterocycles. The lowest BCUT2D eigenvalue weighted by atomic mass is 10.0. The van der Waals surface area contributed by atoms with E-state index in [1.165, 1.54) is 12.2 Å². The molecule has 0 saturated carbocycles. The molecule has 1 rings (SSSR count). The predicted molar refractivity (Wildman–Crippen MR) is 63.8 cm³/mol. The summed E-state index contributed by atoms with van der Waals surface area (Å²) in [5.41, 5.74) is 0.605. The summed E-state index contributed by atoms with van der Waals surface area (Å²) in [6.07, 6.45) is -6.53. The molecule has 1 aromatic rings. The first kappa shape index (κ1) is 18.2. The molecule has 0 fully saturated rings. The lowest BCUT2D eigenvalue weighted by molar-refractivity contribution is -0.344. The Morgan fingerprint density at radius 3 is 2.00 bits per heavy atom. The van der Waals surface area contributed by atoms with Crippen LogP contribution in [0.25, 0.3) is 0 Å². The van der Waals surface area contributed by atoms with Crippen molar-refractivity contribution in [3.63, 3.8) is 0 Å². The van der Waals surface area contributed by atoms with Crippen molar-refractivity contribution in [3.8, 4) is 0 Å². The fraction of sp³-hybridized carbons (Fsp3) is 0.462. The van der Waals surface area contributed by atoms with Crippen LogP contribution in [0.5, 0.6) is 0 Å². The zero-order chi connectivity index (χ0) is 17.2. The Balaban J connectivity index is 2.76. The fourth-order valence-corrected chi connectivity index (χ4v) is 1.58. The molecule has 22 heavy (non-hydrogen) atoms. The second kappa shape index (κ2) is 6.13.